The van der Waals surface area contributed by atoms with Crippen LogP contribution in [0.3, 0.4) is 0 Å². The second-order valence-electron chi connectivity index (χ2n) is 1.57. The van der Waals surface area contributed by atoms with Crippen LogP contribution in [0.5, 0.6) is 0 Å². The predicted octanol–water partition coefficient (Wildman–Crippen LogP) is -0.235. The van der Waals surface area contributed by atoms with Crippen LogP contribution in [0.25, 0.3) is 0 Å². The summed E-state index contributed by atoms with van der Waals surface area (Å²) in [6.07, 6.45) is 0.600. The molecule has 0 saturated heterocycles. The molecule has 0 rings (SSSR count). The molecule has 3 heteroatoms. The minimum absolute atomic E-state index is 0.0704. The van der Waals surface area contributed by atoms with Gasteiger partial charge in [0.1, 0.15) is 0 Å². The molecule has 7 heavy (non-hydrogen) atoms. The van der Waals surface area contributed by atoms with Crippen LogP contribution in [0.4, 0.5) is 0 Å². The first-order valence-electron chi connectivity index (χ1n) is 2.55. The molecule has 0 atom stereocenters. The van der Waals surface area contributed by atoms with Gasteiger partial charge < -0.3 is 5.73 Å². The summed E-state index contributed by atoms with van der Waals surface area (Å²) in [5, 5.41) is 1.06. The van der Waals surface area contributed by atoms with Crippen molar-refractivity contribution in [1.29, 1.82) is 0 Å². The zero-order valence-corrected chi connectivity index (χ0v) is 6.02. The van der Waals surface area contributed by atoms with E-state index in [1.54, 1.807) is 0 Å². The largest absolute Gasteiger partial charge is 0.370 e. The number of carbonyl (C=O) groups is 1. The van der Waals surface area contributed by atoms with Crippen LogP contribution in [0.2, 0.25) is 11.1 Å². The van der Waals surface area contributed by atoms with Crippen LogP contribution in [0.1, 0.15) is 6.42 Å². The summed E-state index contributed by atoms with van der Waals surface area (Å²) in [6, 6.07) is 0. The highest BCUT2D eigenvalue weighted by atomic mass is 27.1. The van der Waals surface area contributed by atoms with Crippen molar-refractivity contribution >= 4 is 21.1 Å². The Labute approximate surface area is 49.8 Å². The maximum Gasteiger partial charge on any atom is 0.234 e. The van der Waals surface area contributed by atoms with Gasteiger partial charge in [0.05, 0.1) is 0 Å². The van der Waals surface area contributed by atoms with E-state index in [1.165, 1.54) is 0 Å². The molecule has 2 nitrogen and oxygen atoms in total. The third kappa shape index (κ3) is 6.00. The Hall–Kier alpha value is 0.00247. The van der Waals surface area contributed by atoms with Gasteiger partial charge in [0.25, 0.3) is 0 Å². The summed E-state index contributed by atoms with van der Waals surface area (Å²) in [5.41, 5.74) is 4.86. The van der Waals surface area contributed by atoms with Gasteiger partial charge in [0.15, 0.2) is 0 Å². The summed E-state index contributed by atoms with van der Waals surface area (Å²) in [6.45, 7) is 0. The van der Waals surface area contributed by atoms with Crippen LogP contribution in [0, 0.1) is 0 Å². The van der Waals surface area contributed by atoms with E-state index in [0.717, 1.165) is 5.28 Å². The highest BCUT2D eigenvalue weighted by Crippen LogP contribution is 1.83. The van der Waals surface area contributed by atoms with Crippen LogP contribution >= 0.6 is 0 Å². The van der Waals surface area contributed by atoms with Gasteiger partial charge in [-0.3, -0.25) is 4.79 Å². The first-order valence-corrected chi connectivity index (χ1v) is 4.97. The van der Waals surface area contributed by atoms with Crippen LogP contribution in [-0.2, 0) is 4.79 Å². The van der Waals surface area contributed by atoms with Gasteiger partial charge in [-0.05, 0) is 0 Å². The molecule has 0 radical (unpaired) electrons. The molecule has 0 fully saturated rings. The smallest absolute Gasteiger partial charge is 0.234 e. The van der Waals surface area contributed by atoms with Gasteiger partial charge in [-0.15, -0.1) is 5.79 Å². The lowest BCUT2D eigenvalue weighted by Crippen LogP contribution is -2.09. The van der Waals surface area contributed by atoms with E-state index < -0.39 is 0 Å². The molecule has 40 valence electrons. The zero-order valence-electron chi connectivity index (χ0n) is 4.61. The molecule has 0 spiro atoms. The highest BCUT2D eigenvalue weighted by molar-refractivity contribution is 6.33. The third-order valence-electron chi connectivity index (χ3n) is 0.777. The van der Waals surface area contributed by atoms with E-state index in [2.05, 4.69) is 5.79 Å². The molecule has 0 aromatic rings. The van der Waals surface area contributed by atoms with E-state index >= 15 is 0 Å². The number of nitrogens with two attached hydrogens (primary N) is 1. The monoisotopic (exact) mass is 115 g/mol. The molecule has 0 aliphatic carbocycles. The Morgan fingerprint density at radius 1 is 1.86 bits per heavy atom. The molecular weight excluding hydrogens is 105 g/mol. The Morgan fingerprint density at radius 2 is 2.43 bits per heavy atom. The second-order valence-corrected chi connectivity index (χ2v) is 3.28. The zero-order chi connectivity index (χ0) is 5.70. The fraction of sp³-hybridized carbons (Fsp3) is 0.750. The lowest BCUT2D eigenvalue weighted by molar-refractivity contribution is -0.117. The molecule has 0 heterocycles. The molecule has 0 aromatic heterocycles. The third-order valence-corrected chi connectivity index (χ3v) is 1.84. The van der Waals surface area contributed by atoms with Crippen LogP contribution in [-0.4, -0.2) is 21.1 Å². The fourth-order valence-electron chi connectivity index (χ4n) is 0.351. The van der Waals surface area contributed by atoms with Crippen molar-refractivity contribution < 1.29 is 4.79 Å². The second kappa shape index (κ2) is 4.17. The lowest BCUT2D eigenvalue weighted by Gasteiger charge is -1.84. The average molecular weight is 115 g/mol. The number of hydrogen-bond acceptors (Lipinski definition) is 1. The minimum atomic E-state index is -0.158. The fourth-order valence-corrected chi connectivity index (χ4v) is 1.05. The summed E-state index contributed by atoms with van der Waals surface area (Å²) < 4.78 is 0. The Bertz CT molecular complexity index is 64.7. The number of amides is 1. The van der Waals surface area contributed by atoms with Gasteiger partial charge >= 0.3 is 0 Å². The SMILES string of the molecule is [CH3][AlH][CH2]CC(N)=O. The molecule has 2 N–H and O–H groups in total. The first-order chi connectivity index (χ1) is 3.27. The van der Waals surface area contributed by atoms with Gasteiger partial charge in [-0.25, -0.2) is 0 Å². The molecule has 0 aromatic carbocycles. The summed E-state index contributed by atoms with van der Waals surface area (Å²) in [4.78, 5) is 10.0. The van der Waals surface area contributed by atoms with Crippen molar-refractivity contribution in [3.63, 3.8) is 0 Å². The Balaban J connectivity index is 2.82. The van der Waals surface area contributed by atoms with Gasteiger partial charge in [0, 0.05) is 6.42 Å². The minimum Gasteiger partial charge on any atom is -0.370 e. The number of hydrogen-bond donors (Lipinski definition) is 1. The average Bonchev–Trinajstić information content (AvgIpc) is 1.61. The van der Waals surface area contributed by atoms with Gasteiger partial charge in [0.2, 0.25) is 21.1 Å². The van der Waals surface area contributed by atoms with Crippen LogP contribution < -0.4 is 5.73 Å². The van der Waals surface area contributed by atoms with Gasteiger partial charge in [-0.1, -0.05) is 5.28 Å². The van der Waals surface area contributed by atoms with E-state index in [4.69, 9.17) is 5.73 Å². The maximum absolute atomic E-state index is 10.0. The molecule has 1 amide bonds. The molecule has 0 bridgehead atoms. The van der Waals surface area contributed by atoms with Crippen molar-refractivity contribution in [3.8, 4) is 0 Å². The molecule has 0 aliphatic heterocycles. The van der Waals surface area contributed by atoms with E-state index in [9.17, 15) is 4.79 Å². The molecule has 0 saturated carbocycles. The molecule has 0 aliphatic rings. The number of primary amides is 1. The van der Waals surface area contributed by atoms with Gasteiger partial charge in [-0.2, -0.15) is 0 Å². The lowest BCUT2D eigenvalue weighted by atomic mass is 10.5. The predicted molar refractivity (Wildman–Crippen MR) is 31.6 cm³/mol. The van der Waals surface area contributed by atoms with Crippen molar-refractivity contribution in [3.05, 3.63) is 0 Å². The quantitative estimate of drug-likeness (QED) is 0.507. The topological polar surface area (TPSA) is 43.1 Å². The summed E-state index contributed by atoms with van der Waals surface area (Å²) in [7, 11) is 0. The summed E-state index contributed by atoms with van der Waals surface area (Å²) >= 11 is 0.0704. The Morgan fingerprint density at radius 3 is 2.57 bits per heavy atom. The van der Waals surface area contributed by atoms with Crippen molar-refractivity contribution in [2.45, 2.75) is 17.5 Å². The normalized spacial score (nSPS) is 8.14. The standard InChI is InChI=1S/C3H6NO.CH3.Al.H/c1-2-3(4)5;;;/h1-2H2,(H2,4,5);1H3;;. The van der Waals surface area contributed by atoms with E-state index in [0.29, 0.717) is 6.42 Å². The van der Waals surface area contributed by atoms with E-state index in [1.807, 2.05) is 0 Å². The van der Waals surface area contributed by atoms with Crippen molar-refractivity contribution in [1.82, 2.24) is 0 Å². The summed E-state index contributed by atoms with van der Waals surface area (Å²) in [5.74, 6) is 2.01. The Kier molecular flexibility index (Phi) is 4.17. The van der Waals surface area contributed by atoms with E-state index in [-0.39, 0.29) is 21.1 Å². The van der Waals surface area contributed by atoms with Crippen LogP contribution in [0.15, 0.2) is 0 Å². The first kappa shape index (κ1) is 7.00. The number of rotatable bonds is 3. The molecule has 0 unspecified atom stereocenters. The van der Waals surface area contributed by atoms with Crippen molar-refractivity contribution in [2.75, 3.05) is 0 Å². The highest BCUT2D eigenvalue weighted by Gasteiger charge is 1.90. The molecular formula is C4H10AlNO. The van der Waals surface area contributed by atoms with Crippen molar-refractivity contribution in [2.24, 2.45) is 5.73 Å². The maximum atomic E-state index is 10.0. The number of carbonyl (C=O) groups excluding carboxylic acids is 1.